The van der Waals surface area contributed by atoms with E-state index in [4.69, 9.17) is 0 Å². The normalized spacial score (nSPS) is 10.8. The third-order valence-corrected chi connectivity index (χ3v) is 4.72. The SMILES string of the molecule is COC(=O)Cn1c(=O)c(Br)cn(C(c2ccccc2)c2ccccc2)c1=O. The Morgan fingerprint density at radius 3 is 2.00 bits per heavy atom. The van der Waals surface area contributed by atoms with Crippen molar-refractivity contribution in [1.82, 2.24) is 9.13 Å². The van der Waals surface area contributed by atoms with Gasteiger partial charge in [-0.05, 0) is 27.1 Å². The van der Waals surface area contributed by atoms with Gasteiger partial charge in [0.2, 0.25) is 0 Å². The lowest BCUT2D eigenvalue weighted by Gasteiger charge is -2.22. The van der Waals surface area contributed by atoms with Crippen molar-refractivity contribution in [2.45, 2.75) is 12.6 Å². The molecule has 0 saturated carbocycles. The van der Waals surface area contributed by atoms with Gasteiger partial charge in [-0.1, -0.05) is 60.7 Å². The van der Waals surface area contributed by atoms with Crippen molar-refractivity contribution in [2.75, 3.05) is 7.11 Å². The molecule has 0 N–H and O–H groups in total. The van der Waals surface area contributed by atoms with E-state index in [1.807, 2.05) is 60.7 Å². The minimum Gasteiger partial charge on any atom is -0.468 e. The Labute approximate surface area is 163 Å². The summed E-state index contributed by atoms with van der Waals surface area (Å²) >= 11 is 3.21. The minimum absolute atomic E-state index is 0.183. The zero-order valence-corrected chi connectivity index (χ0v) is 16.1. The first kappa shape index (κ1) is 18.8. The van der Waals surface area contributed by atoms with Crippen LogP contribution in [0.2, 0.25) is 0 Å². The Morgan fingerprint density at radius 2 is 1.52 bits per heavy atom. The van der Waals surface area contributed by atoms with Crippen LogP contribution in [0.5, 0.6) is 0 Å². The topological polar surface area (TPSA) is 70.3 Å². The van der Waals surface area contributed by atoms with Gasteiger partial charge in [-0.2, -0.15) is 0 Å². The second kappa shape index (κ2) is 8.18. The summed E-state index contributed by atoms with van der Waals surface area (Å²) in [6.45, 7) is -0.454. The number of methoxy groups -OCH3 is 1. The Balaban J connectivity index is 2.26. The van der Waals surface area contributed by atoms with Gasteiger partial charge in [0.25, 0.3) is 5.56 Å². The van der Waals surface area contributed by atoms with Crippen molar-refractivity contribution in [1.29, 1.82) is 0 Å². The van der Waals surface area contributed by atoms with E-state index < -0.39 is 29.8 Å². The van der Waals surface area contributed by atoms with Crippen molar-refractivity contribution in [3.63, 3.8) is 0 Å². The highest BCUT2D eigenvalue weighted by Crippen LogP contribution is 2.25. The number of carbonyl (C=O) groups is 1. The number of nitrogens with zero attached hydrogens (tertiary/aromatic N) is 2. The molecule has 0 atom stereocenters. The van der Waals surface area contributed by atoms with Crippen molar-refractivity contribution >= 4 is 21.9 Å². The molecule has 0 aliphatic carbocycles. The molecule has 6 nitrogen and oxygen atoms in total. The third-order valence-electron chi connectivity index (χ3n) is 4.18. The Hall–Kier alpha value is -2.93. The molecular weight excluding hydrogens is 412 g/mol. The van der Waals surface area contributed by atoms with Crippen LogP contribution in [0, 0.1) is 0 Å². The Kier molecular flexibility index (Phi) is 5.71. The summed E-state index contributed by atoms with van der Waals surface area (Å²) in [6.07, 6.45) is 1.46. The van der Waals surface area contributed by atoms with Gasteiger partial charge in [-0.25, -0.2) is 9.36 Å². The molecule has 3 aromatic rings. The molecule has 0 bridgehead atoms. The van der Waals surface area contributed by atoms with Gasteiger partial charge in [0.1, 0.15) is 6.54 Å². The Morgan fingerprint density at radius 1 is 1.00 bits per heavy atom. The standard InChI is InChI=1S/C20H17BrN2O4/c1-27-17(24)13-23-19(25)16(21)12-22(20(23)26)18(14-8-4-2-5-9-14)15-10-6-3-7-11-15/h2-12,18H,13H2,1H3. The zero-order chi connectivity index (χ0) is 19.4. The maximum Gasteiger partial charge on any atom is 0.332 e. The lowest BCUT2D eigenvalue weighted by Crippen LogP contribution is -2.43. The van der Waals surface area contributed by atoms with Crippen LogP contribution in [0.4, 0.5) is 0 Å². The van der Waals surface area contributed by atoms with Crippen LogP contribution in [-0.4, -0.2) is 22.2 Å². The Bertz CT molecular complexity index is 1020. The van der Waals surface area contributed by atoms with Crippen LogP contribution < -0.4 is 11.2 Å². The molecule has 7 heteroatoms. The molecule has 0 saturated heterocycles. The largest absolute Gasteiger partial charge is 0.468 e. The number of hydrogen-bond acceptors (Lipinski definition) is 4. The minimum atomic E-state index is -0.671. The molecule has 1 aromatic heterocycles. The number of benzene rings is 2. The number of rotatable bonds is 5. The molecule has 2 aromatic carbocycles. The molecule has 0 unspecified atom stereocenters. The molecule has 0 aliphatic rings. The maximum absolute atomic E-state index is 13.1. The van der Waals surface area contributed by atoms with Gasteiger partial charge in [0.05, 0.1) is 17.6 Å². The highest BCUT2D eigenvalue weighted by molar-refractivity contribution is 9.10. The lowest BCUT2D eigenvalue weighted by molar-refractivity contribution is -0.141. The fraction of sp³-hybridized carbons (Fsp3) is 0.150. The van der Waals surface area contributed by atoms with E-state index in [9.17, 15) is 14.4 Å². The summed E-state index contributed by atoms with van der Waals surface area (Å²) in [4.78, 5) is 37.1. The van der Waals surface area contributed by atoms with E-state index in [-0.39, 0.29) is 4.47 Å². The quantitative estimate of drug-likeness (QED) is 0.585. The van der Waals surface area contributed by atoms with Crippen molar-refractivity contribution in [2.24, 2.45) is 0 Å². The first-order valence-electron chi connectivity index (χ1n) is 8.21. The van der Waals surface area contributed by atoms with Crippen LogP contribution in [0.1, 0.15) is 17.2 Å². The van der Waals surface area contributed by atoms with Crippen LogP contribution >= 0.6 is 15.9 Å². The van der Waals surface area contributed by atoms with E-state index in [1.54, 1.807) is 0 Å². The van der Waals surface area contributed by atoms with E-state index in [0.29, 0.717) is 0 Å². The van der Waals surface area contributed by atoms with Crippen molar-refractivity contribution in [3.05, 3.63) is 103 Å². The molecule has 138 valence electrons. The molecule has 0 spiro atoms. The summed E-state index contributed by atoms with van der Waals surface area (Å²) in [5, 5.41) is 0. The van der Waals surface area contributed by atoms with Gasteiger partial charge in [-0.3, -0.25) is 14.2 Å². The van der Waals surface area contributed by atoms with E-state index >= 15 is 0 Å². The second-order valence-corrected chi connectivity index (χ2v) is 6.71. The van der Waals surface area contributed by atoms with Crippen molar-refractivity contribution < 1.29 is 9.53 Å². The zero-order valence-electron chi connectivity index (χ0n) is 14.5. The summed E-state index contributed by atoms with van der Waals surface area (Å²) < 4.78 is 7.11. The van der Waals surface area contributed by atoms with Gasteiger partial charge >= 0.3 is 11.7 Å². The highest BCUT2D eigenvalue weighted by atomic mass is 79.9. The second-order valence-electron chi connectivity index (χ2n) is 5.86. The first-order chi connectivity index (χ1) is 13.0. The van der Waals surface area contributed by atoms with Gasteiger partial charge in [-0.15, -0.1) is 0 Å². The van der Waals surface area contributed by atoms with E-state index in [2.05, 4.69) is 20.7 Å². The number of carbonyl (C=O) groups excluding carboxylic acids is 1. The van der Waals surface area contributed by atoms with Gasteiger partial charge in [0, 0.05) is 6.20 Å². The van der Waals surface area contributed by atoms with Gasteiger partial charge in [0.15, 0.2) is 0 Å². The molecule has 27 heavy (non-hydrogen) atoms. The molecule has 1 heterocycles. The molecule has 0 amide bonds. The van der Waals surface area contributed by atoms with Crippen LogP contribution in [0.25, 0.3) is 0 Å². The predicted molar refractivity (Wildman–Crippen MR) is 105 cm³/mol. The molecule has 0 radical (unpaired) electrons. The number of hydrogen-bond donors (Lipinski definition) is 0. The van der Waals surface area contributed by atoms with E-state index in [0.717, 1.165) is 15.7 Å². The van der Waals surface area contributed by atoms with Crippen molar-refractivity contribution in [3.8, 4) is 0 Å². The molecule has 0 aliphatic heterocycles. The molecule has 0 fully saturated rings. The van der Waals surface area contributed by atoms with Crippen LogP contribution in [0.15, 0.2) is 80.9 Å². The summed E-state index contributed by atoms with van der Waals surface area (Å²) in [7, 11) is 1.21. The van der Waals surface area contributed by atoms with Gasteiger partial charge < -0.3 is 4.74 Å². The van der Waals surface area contributed by atoms with E-state index in [1.165, 1.54) is 17.9 Å². The predicted octanol–water partition coefficient (Wildman–Crippen LogP) is 2.58. The first-order valence-corrected chi connectivity index (χ1v) is 9.00. The average Bonchev–Trinajstić information content (AvgIpc) is 2.70. The smallest absolute Gasteiger partial charge is 0.332 e. The fourth-order valence-electron chi connectivity index (χ4n) is 2.89. The monoisotopic (exact) mass is 428 g/mol. The lowest BCUT2D eigenvalue weighted by atomic mass is 9.98. The number of esters is 1. The summed E-state index contributed by atoms with van der Waals surface area (Å²) in [5.41, 5.74) is 0.578. The highest BCUT2D eigenvalue weighted by Gasteiger charge is 2.21. The third kappa shape index (κ3) is 3.93. The summed E-state index contributed by atoms with van der Waals surface area (Å²) in [5.74, 6) is -0.671. The molecular formula is C20H17BrN2O4. The number of ether oxygens (including phenoxy) is 1. The van der Waals surface area contributed by atoms with Crippen LogP contribution in [0.3, 0.4) is 0 Å². The number of aromatic nitrogens is 2. The summed E-state index contributed by atoms with van der Waals surface area (Å²) in [6, 6.07) is 18.5. The maximum atomic E-state index is 13.1. The van der Waals surface area contributed by atoms with Crippen LogP contribution in [-0.2, 0) is 16.1 Å². The average molecular weight is 429 g/mol. The molecule has 3 rings (SSSR count). The number of halogens is 1. The fourth-order valence-corrected chi connectivity index (χ4v) is 3.32.